The Labute approximate surface area is 126 Å². The molecule has 2 aromatic carbocycles. The Morgan fingerprint density at radius 1 is 1.16 bits per heavy atom. The molecule has 0 spiro atoms. The second kappa shape index (κ2) is 5.16. The van der Waals surface area contributed by atoms with Crippen LogP contribution in [-0.4, -0.2) is 0 Å². The summed E-state index contributed by atoms with van der Waals surface area (Å²) in [7, 11) is 0. The van der Waals surface area contributed by atoms with Crippen molar-refractivity contribution < 1.29 is 0 Å². The van der Waals surface area contributed by atoms with Crippen molar-refractivity contribution in [2.24, 2.45) is 5.73 Å². The summed E-state index contributed by atoms with van der Waals surface area (Å²) in [4.78, 5) is 0. The zero-order valence-electron chi connectivity index (χ0n) is 10.2. The molecule has 0 aromatic heterocycles. The van der Waals surface area contributed by atoms with Gasteiger partial charge in [0.1, 0.15) is 0 Å². The van der Waals surface area contributed by atoms with Crippen LogP contribution in [0.4, 0.5) is 5.69 Å². The third-order valence-electron chi connectivity index (χ3n) is 3.52. The van der Waals surface area contributed by atoms with Crippen molar-refractivity contribution in [1.82, 2.24) is 0 Å². The molecule has 3 rings (SSSR count). The lowest BCUT2D eigenvalue weighted by molar-refractivity contribution is 0.648. The van der Waals surface area contributed by atoms with Gasteiger partial charge in [-0.3, -0.25) is 0 Å². The Morgan fingerprint density at radius 2 is 1.89 bits per heavy atom. The number of anilines is 1. The van der Waals surface area contributed by atoms with Gasteiger partial charge in [0.15, 0.2) is 0 Å². The van der Waals surface area contributed by atoms with E-state index in [1.54, 1.807) is 0 Å². The van der Waals surface area contributed by atoms with Crippen molar-refractivity contribution in [3.05, 3.63) is 63.1 Å². The molecule has 1 aliphatic carbocycles. The summed E-state index contributed by atoms with van der Waals surface area (Å²) in [6.45, 7) is 0. The molecule has 0 aliphatic heterocycles. The van der Waals surface area contributed by atoms with E-state index in [4.69, 9.17) is 17.3 Å². The van der Waals surface area contributed by atoms with Gasteiger partial charge in [0.2, 0.25) is 0 Å². The van der Waals surface area contributed by atoms with E-state index in [9.17, 15) is 0 Å². The lowest BCUT2D eigenvalue weighted by atomic mass is 10.1. The molecule has 0 saturated carbocycles. The van der Waals surface area contributed by atoms with Crippen LogP contribution in [0.25, 0.3) is 0 Å². The minimum absolute atomic E-state index is 0.0999. The molecule has 0 bridgehead atoms. The first kappa shape index (κ1) is 13.0. The Bertz CT molecular complexity index is 615. The van der Waals surface area contributed by atoms with Crippen molar-refractivity contribution in [3.8, 4) is 0 Å². The van der Waals surface area contributed by atoms with Gasteiger partial charge >= 0.3 is 0 Å². The average molecular weight is 338 g/mol. The number of hydrogen-bond donors (Lipinski definition) is 2. The van der Waals surface area contributed by atoms with E-state index < -0.39 is 0 Å². The van der Waals surface area contributed by atoms with E-state index in [1.165, 1.54) is 11.1 Å². The monoisotopic (exact) mass is 336 g/mol. The summed E-state index contributed by atoms with van der Waals surface area (Å²) in [6.07, 6.45) is 0.895. The Morgan fingerprint density at radius 3 is 2.63 bits per heavy atom. The summed E-state index contributed by atoms with van der Waals surface area (Å²) >= 11 is 9.66. The number of halogens is 2. The first-order chi connectivity index (χ1) is 9.15. The third-order valence-corrected chi connectivity index (χ3v) is 4.33. The summed E-state index contributed by atoms with van der Waals surface area (Å²) < 4.78 is 0.978. The van der Waals surface area contributed by atoms with E-state index in [2.05, 4.69) is 39.4 Å². The Kier molecular flexibility index (Phi) is 3.52. The van der Waals surface area contributed by atoms with Crippen LogP contribution in [0.1, 0.15) is 29.6 Å². The zero-order chi connectivity index (χ0) is 13.4. The molecule has 0 saturated heterocycles. The number of benzene rings is 2. The molecule has 3 N–H and O–H groups in total. The molecular weight excluding hydrogens is 324 g/mol. The number of fused-ring (bicyclic) bond motifs is 1. The maximum Gasteiger partial charge on any atom is 0.0648 e. The molecule has 2 unspecified atom stereocenters. The second-order valence-corrected chi connectivity index (χ2v) is 6.12. The first-order valence-corrected chi connectivity index (χ1v) is 7.38. The van der Waals surface area contributed by atoms with E-state index in [-0.39, 0.29) is 12.1 Å². The van der Waals surface area contributed by atoms with Gasteiger partial charge in [-0.25, -0.2) is 0 Å². The van der Waals surface area contributed by atoms with Gasteiger partial charge in [-0.2, -0.15) is 0 Å². The second-order valence-electron chi connectivity index (χ2n) is 4.79. The number of hydrogen-bond acceptors (Lipinski definition) is 2. The van der Waals surface area contributed by atoms with Gasteiger partial charge in [0.05, 0.1) is 16.8 Å². The van der Waals surface area contributed by atoms with Crippen LogP contribution in [-0.2, 0) is 0 Å². The zero-order valence-corrected chi connectivity index (χ0v) is 12.6. The maximum absolute atomic E-state index is 6.25. The van der Waals surface area contributed by atoms with E-state index >= 15 is 0 Å². The lowest BCUT2D eigenvalue weighted by Crippen LogP contribution is -2.10. The van der Waals surface area contributed by atoms with Gasteiger partial charge in [-0.15, -0.1) is 0 Å². The van der Waals surface area contributed by atoms with Crippen LogP contribution in [0.2, 0.25) is 5.02 Å². The van der Waals surface area contributed by atoms with Crippen molar-refractivity contribution in [2.45, 2.75) is 18.5 Å². The SMILES string of the molecule is NC1CC(Nc2ccc(Br)cc2Cl)c2ccccc21. The molecule has 0 amide bonds. The molecule has 2 nitrogen and oxygen atoms in total. The minimum Gasteiger partial charge on any atom is -0.377 e. The van der Waals surface area contributed by atoms with Crippen molar-refractivity contribution in [1.29, 1.82) is 0 Å². The van der Waals surface area contributed by atoms with Gasteiger partial charge in [-0.1, -0.05) is 51.8 Å². The van der Waals surface area contributed by atoms with Crippen LogP contribution < -0.4 is 11.1 Å². The van der Waals surface area contributed by atoms with E-state index in [0.29, 0.717) is 5.02 Å². The predicted molar refractivity (Wildman–Crippen MR) is 83.5 cm³/mol. The standard InChI is InChI=1S/C15H14BrClN2/c16-9-5-6-14(12(17)7-9)19-15-8-13(18)10-3-1-2-4-11(10)15/h1-7,13,15,19H,8,18H2. The topological polar surface area (TPSA) is 38.0 Å². The predicted octanol–water partition coefficient (Wildman–Crippen LogP) is 4.66. The number of rotatable bonds is 2. The van der Waals surface area contributed by atoms with Crippen LogP contribution in [0.3, 0.4) is 0 Å². The third kappa shape index (κ3) is 2.50. The average Bonchev–Trinajstić information content (AvgIpc) is 2.71. The van der Waals surface area contributed by atoms with Crippen molar-refractivity contribution in [3.63, 3.8) is 0 Å². The summed E-state index contributed by atoms with van der Waals surface area (Å²) in [5.74, 6) is 0. The van der Waals surface area contributed by atoms with Crippen molar-refractivity contribution in [2.75, 3.05) is 5.32 Å². The minimum atomic E-state index is 0.0999. The van der Waals surface area contributed by atoms with E-state index in [1.807, 2.05) is 24.3 Å². The Balaban J connectivity index is 1.89. The van der Waals surface area contributed by atoms with Crippen LogP contribution in [0, 0.1) is 0 Å². The van der Waals surface area contributed by atoms with Gasteiger partial charge in [-0.05, 0) is 35.7 Å². The molecule has 1 aliphatic rings. The smallest absolute Gasteiger partial charge is 0.0648 e. The lowest BCUT2D eigenvalue weighted by Gasteiger charge is -2.16. The molecule has 2 aromatic rings. The fourth-order valence-corrected chi connectivity index (χ4v) is 3.33. The molecule has 98 valence electrons. The van der Waals surface area contributed by atoms with Crippen LogP contribution in [0.15, 0.2) is 46.9 Å². The fraction of sp³-hybridized carbons (Fsp3) is 0.200. The molecule has 19 heavy (non-hydrogen) atoms. The van der Waals surface area contributed by atoms with E-state index in [0.717, 1.165) is 16.6 Å². The number of nitrogens with two attached hydrogens (primary N) is 1. The maximum atomic E-state index is 6.25. The highest BCUT2D eigenvalue weighted by molar-refractivity contribution is 9.10. The quantitative estimate of drug-likeness (QED) is 0.836. The largest absolute Gasteiger partial charge is 0.377 e. The highest BCUT2D eigenvalue weighted by atomic mass is 79.9. The van der Waals surface area contributed by atoms with Gasteiger partial charge < -0.3 is 11.1 Å². The molecular formula is C15H14BrClN2. The molecule has 0 fully saturated rings. The molecule has 0 radical (unpaired) electrons. The molecule has 0 heterocycles. The van der Waals surface area contributed by atoms with Gasteiger partial charge in [0.25, 0.3) is 0 Å². The molecule has 4 heteroatoms. The van der Waals surface area contributed by atoms with Gasteiger partial charge in [0, 0.05) is 10.5 Å². The Hall–Kier alpha value is -1.03. The first-order valence-electron chi connectivity index (χ1n) is 6.21. The summed E-state index contributed by atoms with van der Waals surface area (Å²) in [6, 6.07) is 14.5. The number of nitrogens with one attached hydrogen (secondary N) is 1. The normalized spacial score (nSPS) is 21.2. The van der Waals surface area contributed by atoms with Crippen molar-refractivity contribution >= 4 is 33.2 Å². The highest BCUT2D eigenvalue weighted by Gasteiger charge is 2.28. The highest BCUT2D eigenvalue weighted by Crippen LogP contribution is 2.40. The summed E-state index contributed by atoms with van der Waals surface area (Å²) in [5.41, 5.74) is 9.62. The fourth-order valence-electron chi connectivity index (χ4n) is 2.60. The van der Waals surface area contributed by atoms with Crippen LogP contribution in [0.5, 0.6) is 0 Å². The molecule has 2 atom stereocenters. The summed E-state index contributed by atoms with van der Waals surface area (Å²) in [5, 5.41) is 4.21. The van der Waals surface area contributed by atoms with Crippen LogP contribution >= 0.6 is 27.5 Å².